The van der Waals surface area contributed by atoms with Crippen molar-refractivity contribution in [1.82, 2.24) is 14.9 Å². The molecule has 0 saturated carbocycles. The van der Waals surface area contributed by atoms with Gasteiger partial charge in [0.05, 0.1) is 12.8 Å². The first-order valence-electron chi connectivity index (χ1n) is 12.3. The Labute approximate surface area is 215 Å². The fourth-order valence-electron chi connectivity index (χ4n) is 4.59. The Morgan fingerprint density at radius 3 is 2.86 bits per heavy atom. The van der Waals surface area contributed by atoms with Crippen molar-refractivity contribution in [3.8, 4) is 11.8 Å². The molecule has 0 radical (unpaired) electrons. The average Bonchev–Trinajstić information content (AvgIpc) is 3.20. The Morgan fingerprint density at radius 2 is 2.19 bits per heavy atom. The maximum absolute atomic E-state index is 13.2. The Balaban J connectivity index is 1.55. The zero-order valence-corrected chi connectivity index (χ0v) is 21.2. The van der Waals surface area contributed by atoms with Crippen LogP contribution in [0.3, 0.4) is 0 Å². The first-order valence-corrected chi connectivity index (χ1v) is 12.3. The van der Waals surface area contributed by atoms with Crippen molar-refractivity contribution in [1.29, 1.82) is 5.26 Å². The normalized spacial score (nSPS) is 17.7. The molecule has 2 aromatic heterocycles. The van der Waals surface area contributed by atoms with Crippen LogP contribution in [0.25, 0.3) is 0 Å². The van der Waals surface area contributed by atoms with Crippen molar-refractivity contribution in [3.05, 3.63) is 40.7 Å². The van der Waals surface area contributed by atoms with E-state index in [2.05, 4.69) is 15.3 Å². The average molecular weight is 507 g/mol. The summed E-state index contributed by atoms with van der Waals surface area (Å²) in [7, 11) is 1.55. The maximum atomic E-state index is 13.2. The lowest BCUT2D eigenvalue weighted by atomic mass is 10.0. The van der Waals surface area contributed by atoms with Gasteiger partial charge >= 0.3 is 6.03 Å². The summed E-state index contributed by atoms with van der Waals surface area (Å²) < 4.78 is 10.9. The van der Waals surface area contributed by atoms with Crippen LogP contribution in [0.5, 0.6) is 5.75 Å². The molecule has 2 aliphatic heterocycles. The largest absolute Gasteiger partial charge is 0.487 e. The number of ether oxygens (including phenoxy) is 2. The Bertz CT molecular complexity index is 1240. The third-order valence-electron chi connectivity index (χ3n) is 6.51. The van der Waals surface area contributed by atoms with Crippen LogP contribution in [0.15, 0.2) is 18.3 Å². The minimum atomic E-state index is -0.463. The second-order valence-electron chi connectivity index (χ2n) is 9.33. The number of aryl methyl sites for hydroxylation is 1. The van der Waals surface area contributed by atoms with Crippen LogP contribution in [-0.4, -0.2) is 66.0 Å². The lowest BCUT2D eigenvalue weighted by Gasteiger charge is -2.29. The molecule has 0 spiro atoms. The molecule has 0 bridgehead atoms. The van der Waals surface area contributed by atoms with Crippen molar-refractivity contribution in [3.63, 3.8) is 0 Å². The number of nitriles is 1. The van der Waals surface area contributed by atoms with Crippen molar-refractivity contribution >= 4 is 29.9 Å². The number of amides is 3. The lowest BCUT2D eigenvalue weighted by molar-refractivity contribution is -0.131. The van der Waals surface area contributed by atoms with Gasteiger partial charge in [-0.15, -0.1) is 0 Å². The number of likely N-dealkylation sites (tertiary alicyclic amines) is 1. The van der Waals surface area contributed by atoms with Gasteiger partial charge in [-0.25, -0.2) is 14.8 Å². The predicted molar refractivity (Wildman–Crippen MR) is 134 cm³/mol. The summed E-state index contributed by atoms with van der Waals surface area (Å²) in [6.07, 6.45) is 3.90. The molecule has 194 valence electrons. The highest BCUT2D eigenvalue weighted by Gasteiger charge is 2.30. The zero-order valence-electron chi connectivity index (χ0n) is 21.2. The molecule has 0 aromatic carbocycles. The number of aromatic nitrogens is 2. The summed E-state index contributed by atoms with van der Waals surface area (Å²) in [5.41, 5.74) is 1.97. The van der Waals surface area contributed by atoms with Gasteiger partial charge in [-0.3, -0.25) is 19.8 Å². The molecule has 0 aliphatic carbocycles. The number of hydrogen-bond acceptors (Lipinski definition) is 8. The van der Waals surface area contributed by atoms with Crippen molar-refractivity contribution < 1.29 is 23.9 Å². The van der Waals surface area contributed by atoms with E-state index in [4.69, 9.17) is 9.47 Å². The summed E-state index contributed by atoms with van der Waals surface area (Å²) in [5.74, 6) is 0.965. The highest BCUT2D eigenvalue weighted by atomic mass is 16.5. The molecule has 11 nitrogen and oxygen atoms in total. The smallest absolute Gasteiger partial charge is 0.328 e. The second-order valence-corrected chi connectivity index (χ2v) is 9.33. The standard InChI is InChI=1S/C26H30N6O5/c1-16-6-8-31(25(16)34)13-19-9-18-5-4-7-32(24(18)29-21(19)14-33)26(35)30-23-10-22(20(11-27)12-28-23)37-17(2)15-36-3/h9-10,12,14,16-17H,4-8,13,15H2,1-3H3,(H,28,30,35)/t16-,17-/m1/s1. The lowest BCUT2D eigenvalue weighted by Crippen LogP contribution is -2.40. The summed E-state index contributed by atoms with van der Waals surface area (Å²) in [6.45, 7) is 5.43. The molecule has 1 N–H and O–H groups in total. The molecular weight excluding hydrogens is 476 g/mol. The zero-order chi connectivity index (χ0) is 26.5. The number of pyridine rings is 2. The van der Waals surface area contributed by atoms with Gasteiger partial charge in [0.1, 0.15) is 40.8 Å². The van der Waals surface area contributed by atoms with E-state index >= 15 is 0 Å². The van der Waals surface area contributed by atoms with Gasteiger partial charge in [-0.05, 0) is 37.8 Å². The van der Waals surface area contributed by atoms with Crippen LogP contribution in [0.2, 0.25) is 0 Å². The number of anilines is 2. The molecule has 2 atom stereocenters. The number of nitrogens with one attached hydrogen (secondary N) is 1. The molecule has 2 aromatic rings. The van der Waals surface area contributed by atoms with Crippen LogP contribution >= 0.6 is 0 Å². The molecule has 4 heterocycles. The Morgan fingerprint density at radius 1 is 1.38 bits per heavy atom. The predicted octanol–water partition coefficient (Wildman–Crippen LogP) is 2.93. The molecule has 1 fully saturated rings. The van der Waals surface area contributed by atoms with Gasteiger partial charge in [0.15, 0.2) is 6.29 Å². The van der Waals surface area contributed by atoms with Crippen molar-refractivity contribution in [2.75, 3.05) is 37.0 Å². The number of carbonyl (C=O) groups is 3. The van der Waals surface area contributed by atoms with Gasteiger partial charge in [-0.1, -0.05) is 6.92 Å². The van der Waals surface area contributed by atoms with Crippen LogP contribution in [0.1, 0.15) is 53.9 Å². The van der Waals surface area contributed by atoms with E-state index in [0.29, 0.717) is 56.8 Å². The van der Waals surface area contributed by atoms with E-state index in [1.165, 1.54) is 17.2 Å². The highest BCUT2D eigenvalue weighted by Crippen LogP contribution is 2.30. The van der Waals surface area contributed by atoms with Crippen molar-refractivity contribution in [2.24, 2.45) is 5.92 Å². The molecule has 37 heavy (non-hydrogen) atoms. The van der Waals surface area contributed by atoms with E-state index in [-0.39, 0.29) is 40.8 Å². The molecule has 4 rings (SSSR count). The molecule has 0 unspecified atom stereocenters. The second kappa shape index (κ2) is 11.3. The van der Waals surface area contributed by atoms with Crippen LogP contribution in [0.4, 0.5) is 16.4 Å². The fraction of sp³-hybridized carbons (Fsp3) is 0.462. The number of rotatable bonds is 8. The van der Waals surface area contributed by atoms with E-state index < -0.39 is 6.03 Å². The monoisotopic (exact) mass is 506 g/mol. The molecular formula is C26H30N6O5. The van der Waals surface area contributed by atoms with E-state index in [9.17, 15) is 19.6 Å². The summed E-state index contributed by atoms with van der Waals surface area (Å²) in [6, 6.07) is 4.94. The number of urea groups is 1. The molecule has 1 saturated heterocycles. The summed E-state index contributed by atoms with van der Waals surface area (Å²) >= 11 is 0. The van der Waals surface area contributed by atoms with E-state index in [0.717, 1.165) is 12.0 Å². The molecule has 3 amide bonds. The number of nitrogens with zero attached hydrogens (tertiary/aromatic N) is 5. The topological polar surface area (TPSA) is 138 Å². The quantitative estimate of drug-likeness (QED) is 0.540. The van der Waals surface area contributed by atoms with Crippen LogP contribution < -0.4 is 15.0 Å². The first-order chi connectivity index (χ1) is 17.8. The number of aldehydes is 1. The van der Waals surface area contributed by atoms with Crippen LogP contribution in [0, 0.1) is 17.2 Å². The summed E-state index contributed by atoms with van der Waals surface area (Å²) in [4.78, 5) is 49.4. The van der Waals surface area contributed by atoms with Gasteiger partial charge in [0.25, 0.3) is 0 Å². The van der Waals surface area contributed by atoms with Crippen LogP contribution in [-0.2, 0) is 22.5 Å². The van der Waals surface area contributed by atoms with E-state index in [1.54, 1.807) is 18.9 Å². The van der Waals surface area contributed by atoms with Gasteiger partial charge in [0, 0.05) is 44.3 Å². The van der Waals surface area contributed by atoms with Gasteiger partial charge < -0.3 is 14.4 Å². The first kappa shape index (κ1) is 26.0. The minimum Gasteiger partial charge on any atom is -0.487 e. The molecule has 2 aliphatic rings. The molecule has 11 heteroatoms. The highest BCUT2D eigenvalue weighted by molar-refractivity contribution is 6.01. The number of fused-ring (bicyclic) bond motifs is 1. The number of hydrogen-bond donors (Lipinski definition) is 1. The number of methoxy groups -OCH3 is 1. The van der Waals surface area contributed by atoms with Crippen molar-refractivity contribution in [2.45, 2.75) is 45.8 Å². The van der Waals surface area contributed by atoms with E-state index in [1.807, 2.05) is 19.1 Å². The SMILES string of the molecule is COC[C@@H](C)Oc1cc(NC(=O)N2CCCc3cc(CN4CC[C@@H](C)C4=O)c(C=O)nc32)ncc1C#N. The Kier molecular flexibility index (Phi) is 7.98. The number of carbonyl (C=O) groups excluding carboxylic acids is 3. The summed E-state index contributed by atoms with van der Waals surface area (Å²) in [5, 5.41) is 12.1. The third kappa shape index (κ3) is 5.70. The minimum absolute atomic E-state index is 0.0191. The Hall–Kier alpha value is -4.04. The third-order valence-corrected chi connectivity index (χ3v) is 6.51. The van der Waals surface area contributed by atoms with Gasteiger partial charge in [-0.2, -0.15) is 5.26 Å². The maximum Gasteiger partial charge on any atom is 0.328 e. The van der Waals surface area contributed by atoms with Gasteiger partial charge in [0.2, 0.25) is 5.91 Å². The fourth-order valence-corrected chi connectivity index (χ4v) is 4.59.